The fraction of sp³-hybridized carbons (Fsp3) is 0.400. The number of carbonyl (C=O) groups excluding carboxylic acids is 1. The molecule has 8 nitrogen and oxygen atoms in total. The van der Waals surface area contributed by atoms with Crippen LogP contribution in [0.4, 0.5) is 15.9 Å². The number of primary amides is 1. The number of amides is 1. The average Bonchev–Trinajstić information content (AvgIpc) is 3.35. The third-order valence-corrected chi connectivity index (χ3v) is 6.76. The minimum absolute atomic E-state index is 0.00736. The fourth-order valence-electron chi connectivity index (χ4n) is 4.40. The number of nitrogens with two attached hydrogens (primary N) is 1. The summed E-state index contributed by atoms with van der Waals surface area (Å²) in [4.78, 5) is 23.5. The van der Waals surface area contributed by atoms with Gasteiger partial charge in [-0.25, -0.2) is 14.4 Å². The first-order chi connectivity index (χ1) is 16.8. The van der Waals surface area contributed by atoms with E-state index in [1.807, 2.05) is 6.07 Å². The van der Waals surface area contributed by atoms with Crippen LogP contribution in [0.5, 0.6) is 5.75 Å². The Morgan fingerprint density at radius 3 is 2.77 bits per heavy atom. The number of hydrogen-bond donors (Lipinski definition) is 3. The summed E-state index contributed by atoms with van der Waals surface area (Å²) >= 11 is 5.93. The molecule has 35 heavy (non-hydrogen) atoms. The van der Waals surface area contributed by atoms with Crippen LogP contribution in [0.2, 0.25) is 5.02 Å². The molecule has 0 bridgehead atoms. The van der Waals surface area contributed by atoms with Gasteiger partial charge in [-0.1, -0.05) is 17.7 Å². The van der Waals surface area contributed by atoms with Gasteiger partial charge in [0.05, 0.1) is 28.9 Å². The van der Waals surface area contributed by atoms with Crippen molar-refractivity contribution in [3.63, 3.8) is 0 Å². The van der Waals surface area contributed by atoms with E-state index < -0.39 is 17.3 Å². The fourth-order valence-corrected chi connectivity index (χ4v) is 4.57. The highest BCUT2D eigenvalue weighted by Crippen LogP contribution is 2.33. The third-order valence-electron chi connectivity index (χ3n) is 6.47. The molecule has 4 N–H and O–H groups in total. The molecule has 1 aliphatic rings. The number of fused-ring (bicyclic) bond motifs is 1. The Bertz CT molecular complexity index is 1220. The zero-order valence-electron chi connectivity index (χ0n) is 19.9. The van der Waals surface area contributed by atoms with Gasteiger partial charge in [-0.2, -0.15) is 0 Å². The molecule has 1 aromatic heterocycles. The maximum absolute atomic E-state index is 14.5. The number of rotatable bonds is 10. The second-order valence-corrected chi connectivity index (χ2v) is 9.39. The number of halogens is 2. The Kier molecular flexibility index (Phi) is 7.69. The summed E-state index contributed by atoms with van der Waals surface area (Å²) in [5.74, 6) is -0.0457. The topological polar surface area (TPSA) is 105 Å². The van der Waals surface area contributed by atoms with Crippen molar-refractivity contribution in [2.24, 2.45) is 5.73 Å². The van der Waals surface area contributed by atoms with Crippen molar-refractivity contribution in [2.45, 2.75) is 31.7 Å². The van der Waals surface area contributed by atoms with E-state index in [-0.39, 0.29) is 10.7 Å². The lowest BCUT2D eigenvalue weighted by molar-refractivity contribution is -0.123. The SMILES string of the molecule is COc1cc2ncnc(Nc3cccc(Cl)c3F)c2cc1C[C@](C)(NCCN1CCCC1)C(N)=O. The van der Waals surface area contributed by atoms with Gasteiger partial charge >= 0.3 is 0 Å². The van der Waals surface area contributed by atoms with Gasteiger partial charge < -0.3 is 26.0 Å². The molecular weight excluding hydrogens is 471 g/mol. The molecule has 1 aliphatic heterocycles. The maximum atomic E-state index is 14.5. The Labute approximate surface area is 209 Å². The number of methoxy groups -OCH3 is 1. The number of ether oxygens (including phenoxy) is 1. The number of nitrogens with one attached hydrogen (secondary N) is 2. The van der Waals surface area contributed by atoms with Crippen LogP contribution >= 0.6 is 11.6 Å². The van der Waals surface area contributed by atoms with Gasteiger partial charge in [-0.3, -0.25) is 4.79 Å². The van der Waals surface area contributed by atoms with Crippen molar-refractivity contribution in [1.29, 1.82) is 0 Å². The van der Waals surface area contributed by atoms with Crippen LogP contribution in [-0.2, 0) is 11.2 Å². The van der Waals surface area contributed by atoms with Crippen LogP contribution in [0.3, 0.4) is 0 Å². The van der Waals surface area contributed by atoms with Crippen molar-refractivity contribution in [2.75, 3.05) is 38.6 Å². The zero-order valence-corrected chi connectivity index (χ0v) is 20.7. The van der Waals surface area contributed by atoms with Crippen molar-refractivity contribution in [1.82, 2.24) is 20.2 Å². The molecule has 3 aromatic rings. The number of anilines is 2. The number of aromatic nitrogens is 2. The van der Waals surface area contributed by atoms with Gasteiger partial charge in [0.1, 0.15) is 17.9 Å². The first kappa shape index (κ1) is 25.1. The molecule has 10 heteroatoms. The van der Waals surface area contributed by atoms with E-state index in [0.717, 1.165) is 25.2 Å². The van der Waals surface area contributed by atoms with E-state index in [0.29, 0.717) is 35.4 Å². The molecule has 1 atom stereocenters. The molecule has 0 radical (unpaired) electrons. The van der Waals surface area contributed by atoms with E-state index in [2.05, 4.69) is 25.5 Å². The Balaban J connectivity index is 1.64. The van der Waals surface area contributed by atoms with Gasteiger partial charge in [0.2, 0.25) is 5.91 Å². The highest BCUT2D eigenvalue weighted by atomic mass is 35.5. The highest BCUT2D eigenvalue weighted by Gasteiger charge is 2.32. The molecule has 186 valence electrons. The molecule has 1 fully saturated rings. The molecule has 0 aliphatic carbocycles. The summed E-state index contributed by atoms with van der Waals surface area (Å²) in [6.45, 7) is 5.45. The van der Waals surface area contributed by atoms with Crippen LogP contribution in [-0.4, -0.2) is 59.6 Å². The van der Waals surface area contributed by atoms with Crippen LogP contribution in [0.25, 0.3) is 10.9 Å². The number of benzene rings is 2. The van der Waals surface area contributed by atoms with Crippen LogP contribution in [0.15, 0.2) is 36.7 Å². The Morgan fingerprint density at radius 1 is 1.29 bits per heavy atom. The predicted octanol–water partition coefficient (Wildman–Crippen LogP) is 3.65. The van der Waals surface area contributed by atoms with E-state index in [9.17, 15) is 9.18 Å². The highest BCUT2D eigenvalue weighted by molar-refractivity contribution is 6.31. The van der Waals surface area contributed by atoms with E-state index in [4.69, 9.17) is 22.1 Å². The van der Waals surface area contributed by atoms with E-state index in [1.165, 1.54) is 25.2 Å². The van der Waals surface area contributed by atoms with E-state index >= 15 is 0 Å². The predicted molar refractivity (Wildman–Crippen MR) is 136 cm³/mol. The standard InChI is InChI=1S/C25H30ClFN6O2/c1-25(24(28)34,31-8-11-33-9-3-4-10-33)14-16-12-17-20(13-21(16)35-2)29-15-30-23(17)32-19-7-5-6-18(26)22(19)27/h5-7,12-13,15,31H,3-4,8-11,14H2,1-2H3,(H2,28,34)(H,29,30,32)/t25-/m0/s1. The van der Waals surface area contributed by atoms with Crippen molar-refractivity contribution < 1.29 is 13.9 Å². The monoisotopic (exact) mass is 500 g/mol. The molecule has 1 saturated heterocycles. The second kappa shape index (κ2) is 10.7. The summed E-state index contributed by atoms with van der Waals surface area (Å²) in [6.07, 6.45) is 4.10. The van der Waals surface area contributed by atoms with Gasteiger partial charge in [-0.15, -0.1) is 0 Å². The Morgan fingerprint density at radius 2 is 2.06 bits per heavy atom. The van der Waals surface area contributed by atoms with Gasteiger partial charge in [0.15, 0.2) is 5.82 Å². The number of carbonyl (C=O) groups is 1. The molecule has 0 unspecified atom stereocenters. The lowest BCUT2D eigenvalue weighted by atomic mass is 9.90. The van der Waals surface area contributed by atoms with Gasteiger partial charge in [0, 0.05) is 31.0 Å². The maximum Gasteiger partial charge on any atom is 0.237 e. The number of hydrogen-bond acceptors (Lipinski definition) is 7. The number of likely N-dealkylation sites (tertiary alicyclic amines) is 1. The first-order valence-corrected chi connectivity index (χ1v) is 12.0. The van der Waals surface area contributed by atoms with Crippen LogP contribution in [0.1, 0.15) is 25.3 Å². The normalized spacial score (nSPS) is 15.8. The minimum Gasteiger partial charge on any atom is -0.496 e. The van der Waals surface area contributed by atoms with Crippen LogP contribution < -0.4 is 21.1 Å². The molecule has 0 spiro atoms. The largest absolute Gasteiger partial charge is 0.496 e. The third kappa shape index (κ3) is 5.63. The first-order valence-electron chi connectivity index (χ1n) is 11.6. The second-order valence-electron chi connectivity index (χ2n) is 8.98. The van der Waals surface area contributed by atoms with Gasteiger partial charge in [-0.05, 0) is 56.6 Å². The van der Waals surface area contributed by atoms with Gasteiger partial charge in [0.25, 0.3) is 0 Å². The summed E-state index contributed by atoms with van der Waals surface area (Å²) in [7, 11) is 1.56. The summed E-state index contributed by atoms with van der Waals surface area (Å²) in [6, 6.07) is 8.33. The Hall–Kier alpha value is -3.01. The smallest absolute Gasteiger partial charge is 0.237 e. The zero-order chi connectivity index (χ0) is 25.0. The number of nitrogens with zero attached hydrogens (tertiary/aromatic N) is 3. The molecule has 2 heterocycles. The quantitative estimate of drug-likeness (QED) is 0.390. The van der Waals surface area contributed by atoms with Crippen LogP contribution in [0, 0.1) is 5.82 Å². The minimum atomic E-state index is -0.997. The summed E-state index contributed by atoms with van der Waals surface area (Å²) < 4.78 is 20.1. The summed E-state index contributed by atoms with van der Waals surface area (Å²) in [5.41, 5.74) is 6.39. The summed E-state index contributed by atoms with van der Waals surface area (Å²) in [5, 5.41) is 7.02. The molecule has 2 aromatic carbocycles. The van der Waals surface area contributed by atoms with E-state index in [1.54, 1.807) is 32.2 Å². The molecule has 4 rings (SSSR count). The van der Waals surface area contributed by atoms with Crippen molar-refractivity contribution in [3.05, 3.63) is 53.1 Å². The van der Waals surface area contributed by atoms with Crippen molar-refractivity contribution >= 4 is 39.9 Å². The van der Waals surface area contributed by atoms with Crippen molar-refractivity contribution in [3.8, 4) is 5.75 Å². The molecular formula is C25H30ClFN6O2. The lowest BCUT2D eigenvalue weighted by Gasteiger charge is -2.29. The molecule has 1 amide bonds. The lowest BCUT2D eigenvalue weighted by Crippen LogP contribution is -2.56. The average molecular weight is 501 g/mol. The molecule has 0 saturated carbocycles.